The second-order valence-corrected chi connectivity index (χ2v) is 3.44. The Morgan fingerprint density at radius 3 is 2.57 bits per heavy atom. The summed E-state index contributed by atoms with van der Waals surface area (Å²) in [5.41, 5.74) is 13.3. The van der Waals surface area contributed by atoms with Gasteiger partial charge in [-0.15, -0.1) is 0 Å². The number of nitrogen functional groups attached to an aromatic ring is 2. The second-order valence-electron chi connectivity index (χ2n) is 3.44. The van der Waals surface area contributed by atoms with Crippen LogP contribution >= 0.6 is 0 Å². The Morgan fingerprint density at radius 2 is 1.86 bits per heavy atom. The van der Waals surface area contributed by atoms with Crippen LogP contribution in [0.5, 0.6) is 5.75 Å². The first-order valence-corrected chi connectivity index (χ1v) is 4.37. The number of nitrogens with two attached hydrogens (primary N) is 2. The molecule has 0 aliphatic carbocycles. The van der Waals surface area contributed by atoms with Crippen molar-refractivity contribution in [2.75, 3.05) is 11.5 Å². The molecule has 0 saturated heterocycles. The highest BCUT2D eigenvalue weighted by molar-refractivity contribution is 5.95. The number of hydrogen-bond donors (Lipinski definition) is 3. The fraction of sp³-hybridized carbons (Fsp3) is 0.0909. The van der Waals surface area contributed by atoms with Crippen LogP contribution < -0.4 is 11.5 Å². The lowest BCUT2D eigenvalue weighted by Gasteiger charge is -2.08. The average Bonchev–Trinajstić information content (AvgIpc) is 2.16. The molecule has 0 amide bonds. The first-order chi connectivity index (χ1) is 6.59. The van der Waals surface area contributed by atoms with Crippen LogP contribution in [-0.2, 0) is 0 Å². The molecule has 0 radical (unpaired) electrons. The minimum atomic E-state index is 0.118. The van der Waals surface area contributed by atoms with Gasteiger partial charge in [-0.3, -0.25) is 0 Å². The van der Waals surface area contributed by atoms with Gasteiger partial charge in [-0.05, 0) is 36.1 Å². The van der Waals surface area contributed by atoms with Crippen LogP contribution in [0.2, 0.25) is 0 Å². The van der Waals surface area contributed by atoms with E-state index >= 15 is 0 Å². The summed E-state index contributed by atoms with van der Waals surface area (Å²) in [4.78, 5) is 0. The number of phenolic OH excluding ortho intramolecular Hbond substituents is 1. The summed E-state index contributed by atoms with van der Waals surface area (Å²) in [6.45, 7) is 1.87. The Kier molecular flexibility index (Phi) is 1.74. The van der Waals surface area contributed by atoms with Gasteiger partial charge in [0.2, 0.25) is 0 Å². The van der Waals surface area contributed by atoms with E-state index < -0.39 is 0 Å². The van der Waals surface area contributed by atoms with Crippen LogP contribution in [0.3, 0.4) is 0 Å². The van der Waals surface area contributed by atoms with Crippen molar-refractivity contribution in [3.05, 3.63) is 29.8 Å². The van der Waals surface area contributed by atoms with Crippen LogP contribution in [0.1, 0.15) is 5.56 Å². The normalized spacial score (nSPS) is 10.6. The molecule has 0 atom stereocenters. The standard InChI is InChI=1S/C11H12N2O/c1-6-4-7-2-3-8(12)5-9(7)11(14)10(6)13/h2-5,14H,12-13H2,1H3. The first-order valence-electron chi connectivity index (χ1n) is 4.37. The molecular formula is C11H12N2O. The Hall–Kier alpha value is -1.90. The van der Waals surface area contributed by atoms with Gasteiger partial charge in [0, 0.05) is 11.1 Å². The van der Waals surface area contributed by atoms with Crippen molar-refractivity contribution in [1.29, 1.82) is 0 Å². The maximum atomic E-state index is 9.78. The zero-order chi connectivity index (χ0) is 10.3. The lowest BCUT2D eigenvalue weighted by molar-refractivity contribution is 0.484. The smallest absolute Gasteiger partial charge is 0.146 e. The SMILES string of the molecule is Cc1cc2ccc(N)cc2c(O)c1N. The molecule has 0 fully saturated rings. The van der Waals surface area contributed by atoms with Gasteiger partial charge >= 0.3 is 0 Å². The molecule has 0 aliphatic heterocycles. The number of hydrogen-bond acceptors (Lipinski definition) is 3. The van der Waals surface area contributed by atoms with Gasteiger partial charge in [0.15, 0.2) is 0 Å². The molecule has 3 heteroatoms. The number of rotatable bonds is 0. The molecule has 0 heterocycles. The van der Waals surface area contributed by atoms with Crippen molar-refractivity contribution in [3.63, 3.8) is 0 Å². The van der Waals surface area contributed by atoms with Crippen LogP contribution in [-0.4, -0.2) is 5.11 Å². The number of aryl methyl sites for hydroxylation is 1. The zero-order valence-electron chi connectivity index (χ0n) is 7.91. The summed E-state index contributed by atoms with van der Waals surface area (Å²) in [5.74, 6) is 0.118. The van der Waals surface area contributed by atoms with Crippen molar-refractivity contribution >= 4 is 22.1 Å². The van der Waals surface area contributed by atoms with E-state index in [1.54, 1.807) is 12.1 Å². The van der Waals surface area contributed by atoms with Gasteiger partial charge in [0.1, 0.15) is 5.75 Å². The van der Waals surface area contributed by atoms with Crippen LogP contribution in [0.25, 0.3) is 10.8 Å². The monoisotopic (exact) mass is 188 g/mol. The van der Waals surface area contributed by atoms with E-state index in [-0.39, 0.29) is 5.75 Å². The van der Waals surface area contributed by atoms with Crippen molar-refractivity contribution in [1.82, 2.24) is 0 Å². The third-order valence-electron chi connectivity index (χ3n) is 2.38. The molecule has 5 N–H and O–H groups in total. The van der Waals surface area contributed by atoms with E-state index in [1.807, 2.05) is 19.1 Å². The van der Waals surface area contributed by atoms with Crippen molar-refractivity contribution in [2.24, 2.45) is 0 Å². The van der Waals surface area contributed by atoms with Crippen LogP contribution in [0.15, 0.2) is 24.3 Å². The minimum absolute atomic E-state index is 0.118. The summed E-state index contributed by atoms with van der Waals surface area (Å²) in [7, 11) is 0. The van der Waals surface area contributed by atoms with Crippen LogP contribution in [0.4, 0.5) is 11.4 Å². The van der Waals surface area contributed by atoms with Gasteiger partial charge in [-0.25, -0.2) is 0 Å². The van der Waals surface area contributed by atoms with Crippen molar-refractivity contribution in [3.8, 4) is 5.75 Å². The molecule has 2 rings (SSSR count). The quantitative estimate of drug-likeness (QED) is 0.437. The Labute approximate surface area is 82.0 Å². The fourth-order valence-corrected chi connectivity index (χ4v) is 1.55. The van der Waals surface area contributed by atoms with E-state index in [9.17, 15) is 5.11 Å². The number of phenols is 1. The molecule has 2 aromatic carbocycles. The fourth-order valence-electron chi connectivity index (χ4n) is 1.55. The number of anilines is 2. The minimum Gasteiger partial charge on any atom is -0.505 e. The topological polar surface area (TPSA) is 72.3 Å². The van der Waals surface area contributed by atoms with Crippen molar-refractivity contribution in [2.45, 2.75) is 6.92 Å². The Morgan fingerprint density at radius 1 is 1.14 bits per heavy atom. The Bertz CT molecular complexity index is 506. The molecule has 72 valence electrons. The summed E-state index contributed by atoms with van der Waals surface area (Å²) in [6.07, 6.45) is 0. The molecule has 0 saturated carbocycles. The summed E-state index contributed by atoms with van der Waals surface area (Å²) < 4.78 is 0. The lowest BCUT2D eigenvalue weighted by Crippen LogP contribution is -1.92. The number of benzene rings is 2. The predicted molar refractivity (Wildman–Crippen MR) is 59.2 cm³/mol. The van der Waals surface area contributed by atoms with Gasteiger partial charge < -0.3 is 16.6 Å². The van der Waals surface area contributed by atoms with Gasteiger partial charge in [0.25, 0.3) is 0 Å². The van der Waals surface area contributed by atoms with Gasteiger partial charge in [-0.1, -0.05) is 6.07 Å². The maximum Gasteiger partial charge on any atom is 0.146 e. The molecule has 0 aliphatic rings. The number of aromatic hydroxyl groups is 1. The maximum absolute atomic E-state index is 9.78. The van der Waals surface area contributed by atoms with Crippen molar-refractivity contribution < 1.29 is 5.11 Å². The largest absolute Gasteiger partial charge is 0.505 e. The van der Waals surface area contributed by atoms with Gasteiger partial charge in [0.05, 0.1) is 5.69 Å². The average molecular weight is 188 g/mol. The van der Waals surface area contributed by atoms with Gasteiger partial charge in [-0.2, -0.15) is 0 Å². The molecule has 0 spiro atoms. The molecule has 3 nitrogen and oxygen atoms in total. The first kappa shape index (κ1) is 8.69. The number of fused-ring (bicyclic) bond motifs is 1. The summed E-state index contributed by atoms with van der Waals surface area (Å²) in [5, 5.41) is 11.4. The molecule has 0 aromatic heterocycles. The van der Waals surface area contributed by atoms with E-state index in [2.05, 4.69) is 0 Å². The molecule has 14 heavy (non-hydrogen) atoms. The third kappa shape index (κ3) is 1.14. The zero-order valence-corrected chi connectivity index (χ0v) is 7.91. The van der Waals surface area contributed by atoms with E-state index in [0.717, 1.165) is 10.9 Å². The molecular weight excluding hydrogens is 176 g/mol. The summed E-state index contributed by atoms with van der Waals surface area (Å²) >= 11 is 0. The third-order valence-corrected chi connectivity index (χ3v) is 2.38. The summed E-state index contributed by atoms with van der Waals surface area (Å²) in [6, 6.07) is 7.33. The Balaban J connectivity index is 2.92. The highest BCUT2D eigenvalue weighted by Crippen LogP contribution is 2.34. The van der Waals surface area contributed by atoms with E-state index in [4.69, 9.17) is 11.5 Å². The predicted octanol–water partition coefficient (Wildman–Crippen LogP) is 2.02. The highest BCUT2D eigenvalue weighted by atomic mass is 16.3. The molecule has 0 unspecified atom stereocenters. The molecule has 2 aromatic rings. The van der Waals surface area contributed by atoms with E-state index in [1.165, 1.54) is 0 Å². The lowest BCUT2D eigenvalue weighted by atomic mass is 10.0. The van der Waals surface area contributed by atoms with Crippen LogP contribution in [0, 0.1) is 6.92 Å². The second kappa shape index (κ2) is 2.80. The van der Waals surface area contributed by atoms with E-state index in [0.29, 0.717) is 16.8 Å². The molecule has 0 bridgehead atoms. The highest BCUT2D eigenvalue weighted by Gasteiger charge is 2.06.